The molecule has 1 aliphatic rings. The smallest absolute Gasteiger partial charge is 0.201 e. The van der Waals surface area contributed by atoms with Crippen molar-refractivity contribution >= 4 is 5.65 Å². The van der Waals surface area contributed by atoms with Gasteiger partial charge in [-0.15, -0.1) is 0 Å². The van der Waals surface area contributed by atoms with Crippen LogP contribution in [-0.4, -0.2) is 50.7 Å². The second kappa shape index (κ2) is 9.82. The third kappa shape index (κ3) is 4.48. The molecular weight excluding hydrogens is 449 g/mol. The fraction of sp³-hybridized carbons (Fsp3) is 0.360. The van der Waals surface area contributed by atoms with E-state index in [9.17, 15) is 9.65 Å². The third-order valence-electron chi connectivity index (χ3n) is 6.37. The monoisotopic (exact) mass is 475 g/mol. The number of hydrogen-bond acceptors (Lipinski definition) is 7. The van der Waals surface area contributed by atoms with Crippen molar-refractivity contribution in [1.82, 2.24) is 29.2 Å². The highest BCUT2D eigenvalue weighted by Gasteiger charge is 2.23. The molecule has 1 fully saturated rings. The van der Waals surface area contributed by atoms with E-state index in [1.807, 2.05) is 18.5 Å². The van der Waals surface area contributed by atoms with E-state index in [-0.39, 0.29) is 6.61 Å². The predicted molar refractivity (Wildman–Crippen MR) is 126 cm³/mol. The number of hydrogen-bond donors (Lipinski definition) is 1. The summed E-state index contributed by atoms with van der Waals surface area (Å²) in [5.74, 6) is -0.0361. The van der Waals surface area contributed by atoms with Crippen molar-refractivity contribution in [2.24, 2.45) is 0 Å². The first-order chi connectivity index (χ1) is 17.1. The van der Waals surface area contributed by atoms with Crippen LogP contribution in [-0.2, 0) is 4.74 Å². The average molecular weight is 476 g/mol. The van der Waals surface area contributed by atoms with Gasteiger partial charge in [-0.05, 0) is 51.1 Å². The van der Waals surface area contributed by atoms with Gasteiger partial charge in [0.15, 0.2) is 6.10 Å². The van der Waals surface area contributed by atoms with E-state index in [0.717, 1.165) is 49.1 Å². The summed E-state index contributed by atoms with van der Waals surface area (Å²) in [5, 5.41) is 13.0. The SMILES string of the molecule is COCC(Oc1cc(-c2ncn(C3CCNCC3)c2C)cc2ncc(C#N)n12)c1ccc(F)cn1. The minimum atomic E-state index is -0.624. The lowest BCUT2D eigenvalue weighted by atomic mass is 10.1. The Bertz CT molecular complexity index is 1370. The molecule has 5 rings (SSSR count). The normalized spacial score (nSPS) is 15.3. The molecule has 0 bridgehead atoms. The van der Waals surface area contributed by atoms with Gasteiger partial charge in [-0.25, -0.2) is 14.4 Å². The summed E-state index contributed by atoms with van der Waals surface area (Å²) in [4.78, 5) is 13.3. The Balaban J connectivity index is 1.57. The number of nitrogens with one attached hydrogen (secondary N) is 1. The van der Waals surface area contributed by atoms with Crippen LogP contribution >= 0.6 is 0 Å². The summed E-state index contributed by atoms with van der Waals surface area (Å²) in [6.07, 6.45) is 6.03. The van der Waals surface area contributed by atoms with Crippen molar-refractivity contribution < 1.29 is 13.9 Å². The molecule has 1 saturated heterocycles. The third-order valence-corrected chi connectivity index (χ3v) is 6.37. The number of halogens is 1. The predicted octanol–water partition coefficient (Wildman–Crippen LogP) is 3.60. The number of imidazole rings is 2. The van der Waals surface area contributed by atoms with Gasteiger partial charge in [-0.3, -0.25) is 9.38 Å². The van der Waals surface area contributed by atoms with Gasteiger partial charge in [-0.2, -0.15) is 5.26 Å². The highest BCUT2D eigenvalue weighted by molar-refractivity contribution is 5.69. The Hall–Kier alpha value is -3.81. The van der Waals surface area contributed by atoms with Crippen molar-refractivity contribution in [2.75, 3.05) is 26.8 Å². The van der Waals surface area contributed by atoms with Crippen LogP contribution in [0.1, 0.15) is 42.1 Å². The van der Waals surface area contributed by atoms with Gasteiger partial charge in [0.2, 0.25) is 5.88 Å². The van der Waals surface area contributed by atoms with E-state index in [2.05, 4.69) is 32.8 Å². The van der Waals surface area contributed by atoms with Gasteiger partial charge >= 0.3 is 0 Å². The van der Waals surface area contributed by atoms with Crippen molar-refractivity contribution in [1.29, 1.82) is 5.26 Å². The summed E-state index contributed by atoms with van der Waals surface area (Å²) in [7, 11) is 1.56. The zero-order valence-electron chi connectivity index (χ0n) is 19.6. The Labute approximate surface area is 202 Å². The van der Waals surface area contributed by atoms with E-state index < -0.39 is 11.9 Å². The fourth-order valence-corrected chi connectivity index (χ4v) is 4.59. The van der Waals surface area contributed by atoms with Gasteiger partial charge in [0, 0.05) is 30.5 Å². The number of ether oxygens (including phenoxy) is 2. The molecule has 4 aromatic rings. The average Bonchev–Trinajstić information content (AvgIpc) is 3.48. The topological polar surface area (TPSA) is 102 Å². The second-order valence-corrected chi connectivity index (χ2v) is 8.56. The van der Waals surface area contributed by atoms with Crippen LogP contribution < -0.4 is 10.1 Å². The molecule has 1 atom stereocenters. The summed E-state index contributed by atoms with van der Waals surface area (Å²) in [5.41, 5.74) is 4.14. The molecule has 0 spiro atoms. The number of rotatable bonds is 7. The Morgan fingerprint density at radius 2 is 2.03 bits per heavy atom. The van der Waals surface area contributed by atoms with Crippen LogP contribution in [0.2, 0.25) is 0 Å². The zero-order chi connectivity index (χ0) is 24.4. The minimum Gasteiger partial charge on any atom is -0.466 e. The van der Waals surface area contributed by atoms with E-state index >= 15 is 0 Å². The Kier molecular flexibility index (Phi) is 6.44. The molecule has 0 amide bonds. The van der Waals surface area contributed by atoms with Crippen molar-refractivity contribution in [2.45, 2.75) is 31.9 Å². The number of methoxy groups -OCH3 is 1. The van der Waals surface area contributed by atoms with Crippen LogP contribution in [0.3, 0.4) is 0 Å². The molecule has 0 aliphatic carbocycles. The molecule has 0 saturated carbocycles. The van der Waals surface area contributed by atoms with Crippen molar-refractivity contribution in [3.05, 3.63) is 65.9 Å². The van der Waals surface area contributed by atoms with Crippen LogP contribution in [0, 0.1) is 24.1 Å². The van der Waals surface area contributed by atoms with Crippen LogP contribution in [0.4, 0.5) is 4.39 Å². The second-order valence-electron chi connectivity index (χ2n) is 8.56. The molecule has 4 aromatic heterocycles. The van der Waals surface area contributed by atoms with Crippen molar-refractivity contribution in [3.8, 4) is 23.2 Å². The standard InChI is InChI=1S/C25H26FN7O2/c1-16-25(31-15-32(16)19-5-7-28-8-6-19)17-9-23-30-13-20(11-27)33(23)24(10-17)35-22(14-34-2)21-4-3-18(26)12-29-21/h3-4,9-10,12-13,15,19,22,28H,5-8,14H2,1-2H3. The number of fused-ring (bicyclic) bond motifs is 1. The van der Waals surface area contributed by atoms with Crippen molar-refractivity contribution in [3.63, 3.8) is 0 Å². The maximum Gasteiger partial charge on any atom is 0.201 e. The molecule has 1 N–H and O–H groups in total. The highest BCUT2D eigenvalue weighted by Crippen LogP contribution is 2.33. The van der Waals surface area contributed by atoms with Gasteiger partial charge in [0.05, 0.1) is 36.7 Å². The molecule has 35 heavy (non-hydrogen) atoms. The first-order valence-corrected chi connectivity index (χ1v) is 11.5. The van der Waals surface area contributed by atoms with Crippen LogP contribution in [0.15, 0.2) is 43.0 Å². The quantitative estimate of drug-likeness (QED) is 0.436. The first-order valence-electron chi connectivity index (χ1n) is 11.5. The summed E-state index contributed by atoms with van der Waals surface area (Å²) < 4.78 is 29.0. The maximum absolute atomic E-state index is 13.4. The number of nitriles is 1. The van der Waals surface area contributed by atoms with Gasteiger partial charge in [-0.1, -0.05) is 0 Å². The maximum atomic E-state index is 13.4. The lowest BCUT2D eigenvalue weighted by Crippen LogP contribution is -2.29. The largest absolute Gasteiger partial charge is 0.466 e. The van der Waals surface area contributed by atoms with Gasteiger partial charge in [0.1, 0.15) is 23.2 Å². The first kappa shape index (κ1) is 23.0. The number of nitrogens with zero attached hydrogens (tertiary/aromatic N) is 6. The number of piperidine rings is 1. The molecule has 5 heterocycles. The van der Waals surface area contributed by atoms with E-state index in [4.69, 9.17) is 14.5 Å². The lowest BCUT2D eigenvalue weighted by Gasteiger charge is -2.25. The Morgan fingerprint density at radius 3 is 2.74 bits per heavy atom. The minimum absolute atomic E-state index is 0.185. The van der Waals surface area contributed by atoms with Gasteiger partial charge in [0.25, 0.3) is 0 Å². The van der Waals surface area contributed by atoms with E-state index in [0.29, 0.717) is 29.0 Å². The molecule has 1 aliphatic heterocycles. The van der Waals surface area contributed by atoms with Crippen LogP contribution in [0.5, 0.6) is 5.88 Å². The fourth-order valence-electron chi connectivity index (χ4n) is 4.59. The molecule has 180 valence electrons. The van der Waals surface area contributed by atoms with E-state index in [1.54, 1.807) is 17.6 Å². The molecule has 0 radical (unpaired) electrons. The molecule has 1 unspecified atom stereocenters. The molecule has 9 nitrogen and oxygen atoms in total. The van der Waals surface area contributed by atoms with Crippen LogP contribution in [0.25, 0.3) is 16.9 Å². The number of pyridine rings is 2. The summed E-state index contributed by atoms with van der Waals surface area (Å²) >= 11 is 0. The Morgan fingerprint density at radius 1 is 1.20 bits per heavy atom. The number of aromatic nitrogens is 5. The summed E-state index contributed by atoms with van der Waals surface area (Å²) in [6, 6.07) is 9.20. The summed E-state index contributed by atoms with van der Waals surface area (Å²) in [6.45, 7) is 4.23. The molecule has 0 aromatic carbocycles. The zero-order valence-corrected chi connectivity index (χ0v) is 19.6. The molecule has 10 heteroatoms. The lowest BCUT2D eigenvalue weighted by molar-refractivity contribution is 0.0743. The highest BCUT2D eigenvalue weighted by atomic mass is 19.1. The van der Waals surface area contributed by atoms with E-state index in [1.165, 1.54) is 12.3 Å². The molecular formula is C25H26FN7O2. The van der Waals surface area contributed by atoms with Gasteiger partial charge < -0.3 is 19.4 Å².